The highest BCUT2D eigenvalue weighted by Gasteiger charge is 2.26. The standard InChI is InChI=1S/C19H16ClFN6S2/c1-12-15(11-27(25-12)18(28)24-19(20)8-3-2-4-9-19)16-23-17(29-26-16)22-14-7-5-6-13(21)10-14/h2-8,10-11H,9H2,1H3,(H,24,28)(H,22,23,26). The molecule has 1 atom stereocenters. The number of rotatable bonds is 4. The van der Waals surface area contributed by atoms with Crippen molar-refractivity contribution >= 4 is 51.3 Å². The maximum absolute atomic E-state index is 13.3. The minimum atomic E-state index is -0.771. The first kappa shape index (κ1) is 19.7. The van der Waals surface area contributed by atoms with E-state index < -0.39 is 5.00 Å². The van der Waals surface area contributed by atoms with Gasteiger partial charge in [-0.25, -0.2) is 9.07 Å². The van der Waals surface area contributed by atoms with Crippen molar-refractivity contribution in [3.63, 3.8) is 0 Å². The van der Waals surface area contributed by atoms with E-state index in [-0.39, 0.29) is 5.82 Å². The molecular weight excluding hydrogens is 431 g/mol. The lowest BCUT2D eigenvalue weighted by atomic mass is 10.1. The van der Waals surface area contributed by atoms with Gasteiger partial charge in [0.25, 0.3) is 0 Å². The van der Waals surface area contributed by atoms with Crippen molar-refractivity contribution in [3.05, 3.63) is 66.3 Å². The molecule has 3 aromatic rings. The van der Waals surface area contributed by atoms with Gasteiger partial charge >= 0.3 is 0 Å². The van der Waals surface area contributed by atoms with Crippen LogP contribution in [0.2, 0.25) is 0 Å². The van der Waals surface area contributed by atoms with Gasteiger partial charge in [-0.2, -0.15) is 14.5 Å². The van der Waals surface area contributed by atoms with Gasteiger partial charge < -0.3 is 10.6 Å². The van der Waals surface area contributed by atoms with E-state index in [1.165, 1.54) is 23.7 Å². The molecule has 2 N–H and O–H groups in total. The number of thiocarbonyl (C=S) groups is 1. The van der Waals surface area contributed by atoms with Crippen molar-refractivity contribution in [1.29, 1.82) is 0 Å². The molecule has 2 aromatic heterocycles. The Labute approximate surface area is 181 Å². The third-order valence-corrected chi connectivity index (χ3v) is 5.48. The van der Waals surface area contributed by atoms with Crippen LogP contribution in [0.5, 0.6) is 0 Å². The van der Waals surface area contributed by atoms with Crippen molar-refractivity contribution < 1.29 is 4.39 Å². The summed E-state index contributed by atoms with van der Waals surface area (Å²) >= 11 is 13.2. The number of benzene rings is 1. The number of alkyl halides is 1. The first-order chi connectivity index (χ1) is 13.9. The minimum absolute atomic E-state index is 0.321. The quantitative estimate of drug-likeness (QED) is 0.342. The second kappa shape index (κ2) is 8.02. The first-order valence-electron chi connectivity index (χ1n) is 8.71. The Morgan fingerprint density at radius 2 is 2.24 bits per heavy atom. The zero-order valence-electron chi connectivity index (χ0n) is 15.3. The zero-order chi connectivity index (χ0) is 20.4. The zero-order valence-corrected chi connectivity index (χ0v) is 17.7. The molecular formula is C19H16ClFN6S2. The highest BCUT2D eigenvalue weighted by molar-refractivity contribution is 7.80. The molecule has 0 fully saturated rings. The molecule has 0 saturated heterocycles. The molecule has 0 radical (unpaired) electrons. The average Bonchev–Trinajstić information content (AvgIpc) is 3.28. The van der Waals surface area contributed by atoms with Gasteiger partial charge in [-0.3, -0.25) is 0 Å². The Kier molecular flexibility index (Phi) is 5.44. The number of anilines is 2. The number of hydrogen-bond acceptors (Lipinski definition) is 6. The van der Waals surface area contributed by atoms with E-state index in [4.69, 9.17) is 23.8 Å². The van der Waals surface area contributed by atoms with E-state index in [2.05, 4.69) is 25.1 Å². The summed E-state index contributed by atoms with van der Waals surface area (Å²) in [4.78, 5) is 3.71. The number of nitrogens with one attached hydrogen (secondary N) is 2. The second-order valence-corrected chi connectivity index (χ2v) is 8.23. The first-order valence-corrected chi connectivity index (χ1v) is 10.3. The van der Waals surface area contributed by atoms with Crippen LogP contribution in [0.3, 0.4) is 0 Å². The molecule has 6 nitrogen and oxygen atoms in total. The maximum Gasteiger partial charge on any atom is 0.207 e. The Hall–Kier alpha value is -2.62. The maximum atomic E-state index is 13.3. The number of aryl methyl sites for hydroxylation is 1. The fourth-order valence-electron chi connectivity index (χ4n) is 2.78. The Morgan fingerprint density at radius 3 is 3.00 bits per heavy atom. The van der Waals surface area contributed by atoms with Crippen LogP contribution in [0.25, 0.3) is 11.4 Å². The Balaban J connectivity index is 1.51. The summed E-state index contributed by atoms with van der Waals surface area (Å²) in [6.45, 7) is 1.86. The number of hydrogen-bond donors (Lipinski definition) is 2. The molecule has 1 aliphatic carbocycles. The predicted octanol–water partition coefficient (Wildman–Crippen LogP) is 4.77. The molecule has 10 heteroatoms. The highest BCUT2D eigenvalue weighted by atomic mass is 35.5. The highest BCUT2D eigenvalue weighted by Crippen LogP contribution is 2.27. The summed E-state index contributed by atoms with van der Waals surface area (Å²) in [6.07, 6.45) is 10.0. The Bertz CT molecular complexity index is 1120. The summed E-state index contributed by atoms with van der Waals surface area (Å²) in [5.74, 6) is 0.194. The van der Waals surface area contributed by atoms with Crippen LogP contribution in [0.1, 0.15) is 12.1 Å². The number of allylic oxidation sites excluding steroid dienone is 2. The van der Waals surface area contributed by atoms with Gasteiger partial charge in [-0.05, 0) is 43.4 Å². The third kappa shape index (κ3) is 4.52. The molecule has 0 spiro atoms. The van der Waals surface area contributed by atoms with Crippen LogP contribution in [0, 0.1) is 12.7 Å². The van der Waals surface area contributed by atoms with Crippen LogP contribution in [0.15, 0.2) is 54.8 Å². The smallest absolute Gasteiger partial charge is 0.207 e. The molecule has 148 valence electrons. The van der Waals surface area contributed by atoms with E-state index in [0.717, 1.165) is 11.3 Å². The molecule has 2 heterocycles. The molecule has 4 rings (SSSR count). The lowest BCUT2D eigenvalue weighted by Gasteiger charge is -2.26. The number of halogens is 2. The van der Waals surface area contributed by atoms with Crippen LogP contribution >= 0.6 is 35.4 Å². The van der Waals surface area contributed by atoms with E-state index in [9.17, 15) is 4.39 Å². The van der Waals surface area contributed by atoms with Crippen LogP contribution < -0.4 is 10.6 Å². The fraction of sp³-hybridized carbons (Fsp3) is 0.158. The normalized spacial score (nSPS) is 18.0. The minimum Gasteiger partial charge on any atom is -0.339 e. The topological polar surface area (TPSA) is 67.7 Å². The summed E-state index contributed by atoms with van der Waals surface area (Å²) < 4.78 is 19.3. The van der Waals surface area contributed by atoms with Gasteiger partial charge in [-0.1, -0.05) is 35.9 Å². The lowest BCUT2D eigenvalue weighted by molar-refractivity contribution is 0.628. The number of aromatic nitrogens is 4. The SMILES string of the molecule is Cc1nn(C(=S)NC2(Cl)C=CC=CC2)cc1-c1nsc(Nc2cccc(F)c2)n1. The Morgan fingerprint density at radius 1 is 1.38 bits per heavy atom. The van der Waals surface area contributed by atoms with Gasteiger partial charge in [-0.15, -0.1) is 0 Å². The van der Waals surface area contributed by atoms with Gasteiger partial charge in [0.1, 0.15) is 10.8 Å². The van der Waals surface area contributed by atoms with E-state index in [0.29, 0.717) is 28.2 Å². The van der Waals surface area contributed by atoms with E-state index in [1.54, 1.807) is 23.0 Å². The van der Waals surface area contributed by atoms with Crippen LogP contribution in [-0.2, 0) is 0 Å². The molecule has 1 unspecified atom stereocenters. The van der Waals surface area contributed by atoms with Crippen LogP contribution in [-0.4, -0.2) is 29.2 Å². The van der Waals surface area contributed by atoms with E-state index >= 15 is 0 Å². The average molecular weight is 447 g/mol. The molecule has 0 bridgehead atoms. The predicted molar refractivity (Wildman–Crippen MR) is 118 cm³/mol. The molecule has 0 saturated carbocycles. The van der Waals surface area contributed by atoms with Crippen molar-refractivity contribution in [2.75, 3.05) is 5.32 Å². The monoisotopic (exact) mass is 446 g/mol. The van der Waals surface area contributed by atoms with Crippen molar-refractivity contribution in [2.45, 2.75) is 18.3 Å². The van der Waals surface area contributed by atoms with Crippen molar-refractivity contribution in [3.8, 4) is 11.4 Å². The molecule has 0 amide bonds. The second-order valence-electron chi connectivity index (χ2n) is 6.42. The fourth-order valence-corrected chi connectivity index (χ4v) is 3.96. The molecule has 0 aliphatic heterocycles. The lowest BCUT2D eigenvalue weighted by Crippen LogP contribution is -2.44. The van der Waals surface area contributed by atoms with Crippen molar-refractivity contribution in [1.82, 2.24) is 24.5 Å². The van der Waals surface area contributed by atoms with Crippen LogP contribution in [0.4, 0.5) is 15.2 Å². The van der Waals surface area contributed by atoms with Gasteiger partial charge in [0.05, 0.1) is 11.3 Å². The van der Waals surface area contributed by atoms with Gasteiger partial charge in [0, 0.05) is 29.8 Å². The largest absolute Gasteiger partial charge is 0.339 e. The molecule has 1 aromatic carbocycles. The van der Waals surface area contributed by atoms with Crippen molar-refractivity contribution in [2.24, 2.45) is 0 Å². The molecule has 1 aliphatic rings. The summed E-state index contributed by atoms with van der Waals surface area (Å²) in [6, 6.07) is 6.16. The summed E-state index contributed by atoms with van der Waals surface area (Å²) in [5.41, 5.74) is 2.08. The van der Waals surface area contributed by atoms with Gasteiger partial charge in [0.2, 0.25) is 5.13 Å². The summed E-state index contributed by atoms with van der Waals surface area (Å²) in [5, 5.41) is 11.6. The number of nitrogens with zero attached hydrogens (tertiary/aromatic N) is 4. The molecule has 29 heavy (non-hydrogen) atoms. The van der Waals surface area contributed by atoms with Gasteiger partial charge in [0.15, 0.2) is 10.9 Å². The summed E-state index contributed by atoms with van der Waals surface area (Å²) in [7, 11) is 0. The third-order valence-electron chi connectivity index (χ3n) is 4.19. The van der Waals surface area contributed by atoms with E-state index in [1.807, 2.05) is 31.2 Å².